The van der Waals surface area contributed by atoms with Crippen LogP contribution in [0.2, 0.25) is 0 Å². The highest BCUT2D eigenvalue weighted by Gasteiger charge is 2.31. The Kier molecular flexibility index (Phi) is 4.36. The molecule has 19 heavy (non-hydrogen) atoms. The van der Waals surface area contributed by atoms with E-state index in [4.69, 9.17) is 0 Å². The van der Waals surface area contributed by atoms with Crippen LogP contribution in [0.25, 0.3) is 0 Å². The Labute approximate surface area is 125 Å². The Morgan fingerprint density at radius 2 is 1.37 bits per heavy atom. The van der Waals surface area contributed by atoms with Crippen molar-refractivity contribution in [3.63, 3.8) is 0 Å². The molecule has 0 N–H and O–H groups in total. The lowest BCUT2D eigenvalue weighted by Gasteiger charge is -2.10. The zero-order valence-corrected chi connectivity index (χ0v) is 12.8. The maximum absolute atomic E-state index is 12.3. The molecule has 1 atom stereocenters. The zero-order valence-electron chi connectivity index (χ0n) is 9.86. The van der Waals surface area contributed by atoms with Gasteiger partial charge in [-0.1, -0.05) is 71.1 Å². The molecule has 0 saturated carbocycles. The van der Waals surface area contributed by atoms with Crippen molar-refractivity contribution in [2.24, 2.45) is 0 Å². The van der Waals surface area contributed by atoms with Crippen LogP contribution in [0.3, 0.4) is 0 Å². The quantitative estimate of drug-likeness (QED) is 0.461. The highest BCUT2D eigenvalue weighted by Crippen LogP contribution is 2.23. The lowest BCUT2D eigenvalue weighted by molar-refractivity contribution is 0.101. The topological polar surface area (TPSA) is 51.2 Å². The second-order valence-electron chi connectivity index (χ2n) is 3.90. The van der Waals surface area contributed by atoms with Gasteiger partial charge in [0.1, 0.15) is 0 Å². The number of sulfone groups is 1. The van der Waals surface area contributed by atoms with Gasteiger partial charge >= 0.3 is 0 Å². The zero-order chi connectivity index (χ0) is 13.9. The van der Waals surface area contributed by atoms with Gasteiger partial charge in [0.25, 0.3) is 0 Å². The summed E-state index contributed by atoms with van der Waals surface area (Å²) in [5.41, 5.74) is 0.404. The van der Waals surface area contributed by atoms with Crippen molar-refractivity contribution in [1.29, 1.82) is 0 Å². The van der Waals surface area contributed by atoms with E-state index in [1.807, 2.05) is 0 Å². The Morgan fingerprint density at radius 1 is 0.895 bits per heavy atom. The first-order valence-electron chi connectivity index (χ1n) is 5.56. The molecular formula is C14H11IO3S. The number of Topliss-reactive ketones (excluding diaryl/α,β-unsaturated/α-hetero) is 1. The van der Waals surface area contributed by atoms with Crippen LogP contribution in [0, 0.1) is 0 Å². The second kappa shape index (κ2) is 5.83. The first-order chi connectivity index (χ1) is 9.03. The van der Waals surface area contributed by atoms with Gasteiger partial charge in [0, 0.05) is 5.56 Å². The Morgan fingerprint density at radius 3 is 1.89 bits per heavy atom. The summed E-state index contributed by atoms with van der Waals surface area (Å²) in [6.07, 6.45) is 0. The fourth-order valence-electron chi connectivity index (χ4n) is 1.60. The van der Waals surface area contributed by atoms with Crippen molar-refractivity contribution >= 4 is 38.2 Å². The van der Waals surface area contributed by atoms with Crippen LogP contribution in [0.4, 0.5) is 0 Å². The molecule has 0 spiro atoms. The SMILES string of the molecule is O=C(c1ccccc1)C(I)S(=O)(=O)c1ccccc1. The van der Waals surface area contributed by atoms with Crippen LogP contribution < -0.4 is 0 Å². The number of halogens is 1. The maximum atomic E-state index is 12.3. The van der Waals surface area contributed by atoms with Gasteiger partial charge in [-0.05, 0) is 12.1 Å². The van der Waals surface area contributed by atoms with E-state index >= 15 is 0 Å². The first kappa shape index (κ1) is 14.2. The monoisotopic (exact) mass is 386 g/mol. The molecule has 3 nitrogen and oxygen atoms in total. The molecule has 2 aromatic rings. The minimum absolute atomic E-state index is 0.165. The van der Waals surface area contributed by atoms with Crippen molar-refractivity contribution in [3.8, 4) is 0 Å². The number of rotatable bonds is 4. The van der Waals surface area contributed by atoms with Crippen LogP contribution in [-0.2, 0) is 9.84 Å². The van der Waals surface area contributed by atoms with Gasteiger partial charge in [0.2, 0.25) is 0 Å². The van der Waals surface area contributed by atoms with E-state index in [-0.39, 0.29) is 4.90 Å². The molecule has 0 amide bonds. The van der Waals surface area contributed by atoms with Crippen molar-refractivity contribution in [1.82, 2.24) is 0 Å². The van der Waals surface area contributed by atoms with Gasteiger partial charge in [0.05, 0.1) is 4.90 Å². The third-order valence-electron chi connectivity index (χ3n) is 2.61. The molecule has 5 heteroatoms. The van der Waals surface area contributed by atoms with Crippen LogP contribution in [0.5, 0.6) is 0 Å². The number of hydrogen-bond donors (Lipinski definition) is 0. The predicted molar refractivity (Wildman–Crippen MR) is 82.2 cm³/mol. The molecule has 0 bridgehead atoms. The molecule has 0 aliphatic heterocycles. The van der Waals surface area contributed by atoms with Gasteiger partial charge in [-0.3, -0.25) is 4.79 Å². The molecule has 2 aromatic carbocycles. The van der Waals surface area contributed by atoms with Crippen LogP contribution in [0.1, 0.15) is 10.4 Å². The van der Waals surface area contributed by atoms with E-state index in [1.54, 1.807) is 71.1 Å². The largest absolute Gasteiger partial charge is 0.292 e. The standard InChI is InChI=1S/C14H11IO3S/c15-14(13(16)11-7-3-1-4-8-11)19(17,18)12-9-5-2-6-10-12/h1-10,14H. The van der Waals surface area contributed by atoms with E-state index in [2.05, 4.69) is 0 Å². The number of carbonyl (C=O) groups is 1. The van der Waals surface area contributed by atoms with Gasteiger partial charge in [-0.25, -0.2) is 8.42 Å². The Balaban J connectivity index is 2.35. The third kappa shape index (κ3) is 3.03. The molecule has 0 radical (unpaired) electrons. The minimum Gasteiger partial charge on any atom is -0.292 e. The predicted octanol–water partition coefficient (Wildman–Crippen LogP) is 3.10. The molecule has 2 rings (SSSR count). The van der Waals surface area contributed by atoms with E-state index in [0.717, 1.165) is 0 Å². The highest BCUT2D eigenvalue weighted by molar-refractivity contribution is 14.1. The van der Waals surface area contributed by atoms with Crippen molar-refractivity contribution in [3.05, 3.63) is 66.2 Å². The van der Waals surface area contributed by atoms with Crippen LogP contribution in [0.15, 0.2) is 65.6 Å². The molecule has 0 heterocycles. The molecule has 0 fully saturated rings. The third-order valence-corrected chi connectivity index (χ3v) is 6.87. The van der Waals surface area contributed by atoms with E-state index < -0.39 is 18.9 Å². The summed E-state index contributed by atoms with van der Waals surface area (Å²) < 4.78 is 23.5. The number of hydrogen-bond acceptors (Lipinski definition) is 3. The smallest absolute Gasteiger partial charge is 0.197 e. The summed E-state index contributed by atoms with van der Waals surface area (Å²) >= 11 is 1.68. The molecule has 0 saturated heterocycles. The second-order valence-corrected chi connectivity index (χ2v) is 8.03. The average molecular weight is 386 g/mol. The fourth-order valence-corrected chi connectivity index (χ4v) is 4.04. The normalized spacial score (nSPS) is 12.9. The van der Waals surface area contributed by atoms with Crippen molar-refractivity contribution in [2.45, 2.75) is 8.15 Å². The molecule has 98 valence electrons. The van der Waals surface area contributed by atoms with Crippen LogP contribution in [-0.4, -0.2) is 17.5 Å². The summed E-state index contributed by atoms with van der Waals surface area (Å²) in [7, 11) is -3.65. The Bertz CT molecular complexity index is 666. The summed E-state index contributed by atoms with van der Waals surface area (Å²) in [6.45, 7) is 0. The first-order valence-corrected chi connectivity index (χ1v) is 8.35. The number of carbonyl (C=O) groups excluding carboxylic acids is 1. The summed E-state index contributed by atoms with van der Waals surface area (Å²) in [5.74, 6) is -0.398. The summed E-state index contributed by atoms with van der Waals surface area (Å²) in [5, 5.41) is 0. The lowest BCUT2D eigenvalue weighted by Crippen LogP contribution is -2.24. The average Bonchev–Trinajstić information content (AvgIpc) is 2.47. The van der Waals surface area contributed by atoms with E-state index in [0.29, 0.717) is 5.56 Å². The maximum Gasteiger partial charge on any atom is 0.197 e. The van der Waals surface area contributed by atoms with Gasteiger partial charge < -0.3 is 0 Å². The van der Waals surface area contributed by atoms with E-state index in [1.165, 1.54) is 12.1 Å². The number of ketones is 1. The van der Waals surface area contributed by atoms with Crippen molar-refractivity contribution < 1.29 is 13.2 Å². The lowest BCUT2D eigenvalue weighted by atomic mass is 10.2. The Hall–Kier alpha value is -1.21. The molecule has 0 aliphatic rings. The van der Waals surface area contributed by atoms with Gasteiger partial charge in [0.15, 0.2) is 18.9 Å². The van der Waals surface area contributed by atoms with Crippen LogP contribution >= 0.6 is 22.6 Å². The minimum atomic E-state index is -3.65. The van der Waals surface area contributed by atoms with Crippen molar-refractivity contribution in [2.75, 3.05) is 0 Å². The molecule has 0 aromatic heterocycles. The van der Waals surface area contributed by atoms with E-state index in [9.17, 15) is 13.2 Å². The highest BCUT2D eigenvalue weighted by atomic mass is 127. The summed E-state index contributed by atoms with van der Waals surface area (Å²) in [4.78, 5) is 12.3. The molecular weight excluding hydrogens is 375 g/mol. The molecule has 0 aliphatic carbocycles. The van der Waals surface area contributed by atoms with Gasteiger partial charge in [-0.2, -0.15) is 0 Å². The number of benzene rings is 2. The number of alkyl halides is 1. The van der Waals surface area contributed by atoms with Gasteiger partial charge in [-0.15, -0.1) is 0 Å². The molecule has 1 unspecified atom stereocenters. The summed E-state index contributed by atoms with van der Waals surface area (Å²) in [6, 6.07) is 16.5. The fraction of sp³-hybridized carbons (Fsp3) is 0.0714.